The number of nitrogens with zero attached hydrogens (tertiary/aromatic N) is 4. The number of nitro benzene ring substituents is 1. The summed E-state index contributed by atoms with van der Waals surface area (Å²) < 4.78 is 11.6. The smallest absolute Gasteiger partial charge is 0.343 e. The summed E-state index contributed by atoms with van der Waals surface area (Å²) in [7, 11) is 1.38. The maximum atomic E-state index is 12.4. The molecule has 2 aromatic carbocycles. The maximum absolute atomic E-state index is 12.4. The summed E-state index contributed by atoms with van der Waals surface area (Å²) in [4.78, 5) is 34.7. The minimum atomic E-state index is -0.784. The van der Waals surface area contributed by atoms with Crippen LogP contribution < -0.4 is 15.0 Å². The average Bonchev–Trinajstić information content (AvgIpc) is 2.77. The van der Waals surface area contributed by atoms with E-state index < -0.39 is 16.5 Å². The zero-order valence-corrected chi connectivity index (χ0v) is 17.1. The predicted molar refractivity (Wildman–Crippen MR) is 112 cm³/mol. The Morgan fingerprint density at radius 1 is 1.29 bits per heavy atom. The average molecular weight is 441 g/mol. The number of hydrogen-bond acceptors (Lipinski definition) is 9. The van der Waals surface area contributed by atoms with Gasteiger partial charge in [-0.05, 0) is 49.0 Å². The minimum Gasteiger partial charge on any atom is -0.493 e. The van der Waals surface area contributed by atoms with E-state index in [0.29, 0.717) is 5.56 Å². The van der Waals surface area contributed by atoms with E-state index in [2.05, 4.69) is 15.3 Å². The molecule has 1 N–H and O–H groups in total. The van der Waals surface area contributed by atoms with Gasteiger partial charge in [-0.3, -0.25) is 20.0 Å². The molecular weight excluding hydrogens is 426 g/mol. The molecule has 1 heterocycles. The molecule has 11 nitrogen and oxygen atoms in total. The van der Waals surface area contributed by atoms with Gasteiger partial charge in [-0.15, -0.1) is 0 Å². The minimum absolute atomic E-state index is 0.0172. The first-order valence-electron chi connectivity index (χ1n) is 8.67. The highest BCUT2D eigenvalue weighted by Gasteiger charge is 2.16. The molecule has 0 aliphatic rings. The highest BCUT2D eigenvalue weighted by atomic mass is 32.1. The Bertz CT molecular complexity index is 1310. The van der Waals surface area contributed by atoms with E-state index in [9.17, 15) is 19.7 Å². The van der Waals surface area contributed by atoms with Gasteiger partial charge in [-0.2, -0.15) is 14.9 Å². The SMILES string of the molecule is COc1cc(/C=N/n2c(=S)[nH]nc(C)c2=O)ccc1OC(=O)c1cccc([N+](=O)[O-])c1. The Morgan fingerprint density at radius 3 is 2.77 bits per heavy atom. The normalized spacial score (nSPS) is 10.8. The highest BCUT2D eigenvalue weighted by Crippen LogP contribution is 2.28. The van der Waals surface area contributed by atoms with Gasteiger partial charge in [-0.1, -0.05) is 6.07 Å². The number of esters is 1. The van der Waals surface area contributed by atoms with Crippen molar-refractivity contribution in [2.24, 2.45) is 5.10 Å². The van der Waals surface area contributed by atoms with Gasteiger partial charge in [0.25, 0.3) is 11.2 Å². The number of nitrogens with one attached hydrogen (secondary N) is 1. The van der Waals surface area contributed by atoms with Crippen LogP contribution in [0.1, 0.15) is 21.6 Å². The van der Waals surface area contributed by atoms with E-state index in [0.717, 1.165) is 10.7 Å². The molecule has 0 saturated heterocycles. The number of carbonyl (C=O) groups is 1. The number of rotatable bonds is 6. The molecule has 0 aliphatic heterocycles. The van der Waals surface area contributed by atoms with Crippen LogP contribution in [0.4, 0.5) is 5.69 Å². The molecule has 0 spiro atoms. The third-order valence-corrected chi connectivity index (χ3v) is 4.28. The second kappa shape index (κ2) is 9.09. The van der Waals surface area contributed by atoms with Crippen molar-refractivity contribution in [2.45, 2.75) is 6.92 Å². The largest absolute Gasteiger partial charge is 0.493 e. The molecule has 1 aromatic heterocycles. The van der Waals surface area contributed by atoms with E-state index in [4.69, 9.17) is 21.7 Å². The molecule has 0 atom stereocenters. The van der Waals surface area contributed by atoms with Crippen LogP contribution in [0.5, 0.6) is 11.5 Å². The first kappa shape index (κ1) is 21.5. The van der Waals surface area contributed by atoms with Crippen LogP contribution >= 0.6 is 12.2 Å². The summed E-state index contributed by atoms with van der Waals surface area (Å²) in [5, 5.41) is 21.2. The third-order valence-electron chi connectivity index (χ3n) is 4.02. The monoisotopic (exact) mass is 441 g/mol. The number of carbonyl (C=O) groups excluding carboxylic acids is 1. The van der Waals surface area contributed by atoms with Crippen molar-refractivity contribution in [1.82, 2.24) is 14.9 Å². The lowest BCUT2D eigenvalue weighted by atomic mass is 10.2. The zero-order valence-electron chi connectivity index (χ0n) is 16.3. The van der Waals surface area contributed by atoms with E-state index >= 15 is 0 Å². The van der Waals surface area contributed by atoms with Gasteiger partial charge >= 0.3 is 5.97 Å². The maximum Gasteiger partial charge on any atom is 0.343 e. The zero-order chi connectivity index (χ0) is 22.5. The quantitative estimate of drug-likeness (QED) is 0.154. The molecule has 31 heavy (non-hydrogen) atoms. The van der Waals surface area contributed by atoms with Crippen molar-refractivity contribution in [3.63, 3.8) is 0 Å². The van der Waals surface area contributed by atoms with Gasteiger partial charge < -0.3 is 9.47 Å². The van der Waals surface area contributed by atoms with Crippen LogP contribution in [0.15, 0.2) is 52.4 Å². The standard InChI is InChI=1S/C19H15N5O6S/c1-11-17(25)23(19(31)22-21-11)20-10-12-6-7-15(16(8-12)29-2)30-18(26)13-4-3-5-14(9-13)24(27)28/h3-10H,1-2H3,(H,22,31)/b20-10+. The lowest BCUT2D eigenvalue weighted by Crippen LogP contribution is -2.22. The van der Waals surface area contributed by atoms with Crippen LogP contribution in [-0.2, 0) is 0 Å². The van der Waals surface area contributed by atoms with Crippen LogP contribution in [0.2, 0.25) is 0 Å². The van der Waals surface area contributed by atoms with Crippen molar-refractivity contribution in [3.8, 4) is 11.5 Å². The fraction of sp³-hybridized carbons (Fsp3) is 0.105. The van der Waals surface area contributed by atoms with Crippen LogP contribution in [0, 0.1) is 21.8 Å². The molecule has 158 valence electrons. The summed E-state index contributed by atoms with van der Waals surface area (Å²) in [6.07, 6.45) is 1.37. The number of methoxy groups -OCH3 is 1. The molecule has 0 amide bonds. The van der Waals surface area contributed by atoms with Crippen molar-refractivity contribution in [3.05, 3.63) is 84.5 Å². The molecule has 0 aliphatic carbocycles. The van der Waals surface area contributed by atoms with Gasteiger partial charge in [0, 0.05) is 12.1 Å². The van der Waals surface area contributed by atoms with Crippen molar-refractivity contribution >= 4 is 30.1 Å². The number of benzene rings is 2. The second-order valence-electron chi connectivity index (χ2n) is 6.08. The van der Waals surface area contributed by atoms with Crippen LogP contribution in [-0.4, -0.2) is 39.1 Å². The van der Waals surface area contributed by atoms with Crippen LogP contribution in [0.25, 0.3) is 0 Å². The first-order valence-corrected chi connectivity index (χ1v) is 9.08. The second-order valence-corrected chi connectivity index (χ2v) is 6.47. The highest BCUT2D eigenvalue weighted by molar-refractivity contribution is 7.71. The molecule has 0 fully saturated rings. The summed E-state index contributed by atoms with van der Waals surface area (Å²) in [5.41, 5.74) is 0.0560. The van der Waals surface area contributed by atoms with E-state index in [1.165, 1.54) is 50.6 Å². The first-order chi connectivity index (χ1) is 14.8. The molecule has 3 aromatic rings. The summed E-state index contributed by atoms with van der Waals surface area (Å²) in [5.74, 6) is -0.468. The van der Waals surface area contributed by atoms with Crippen LogP contribution in [0.3, 0.4) is 0 Å². The number of non-ortho nitro benzene ring substituents is 1. The molecule has 0 radical (unpaired) electrons. The van der Waals surface area contributed by atoms with Crippen molar-refractivity contribution in [2.75, 3.05) is 7.11 Å². The summed E-state index contributed by atoms with van der Waals surface area (Å²) in [6.45, 7) is 1.52. The number of hydrogen-bond donors (Lipinski definition) is 1. The number of nitro groups is 1. The Balaban J connectivity index is 1.85. The van der Waals surface area contributed by atoms with E-state index in [1.807, 2.05) is 0 Å². The number of aromatic nitrogens is 3. The summed E-state index contributed by atoms with van der Waals surface area (Å²) in [6, 6.07) is 9.76. The van der Waals surface area contributed by atoms with Crippen molar-refractivity contribution < 1.29 is 19.2 Å². The molecule has 12 heteroatoms. The Kier molecular flexibility index (Phi) is 6.31. The van der Waals surface area contributed by atoms with Gasteiger partial charge in [0.05, 0.1) is 23.8 Å². The van der Waals surface area contributed by atoms with E-state index in [1.54, 1.807) is 6.07 Å². The Hall–Kier alpha value is -4.19. The molecule has 0 unspecified atom stereocenters. The molecule has 0 saturated carbocycles. The summed E-state index contributed by atoms with van der Waals surface area (Å²) >= 11 is 5.01. The van der Waals surface area contributed by atoms with Gasteiger partial charge in [0.2, 0.25) is 4.77 Å². The number of ether oxygens (including phenoxy) is 2. The molecular formula is C19H15N5O6S. The fourth-order valence-corrected chi connectivity index (χ4v) is 2.63. The van der Waals surface area contributed by atoms with Crippen molar-refractivity contribution in [1.29, 1.82) is 0 Å². The van der Waals surface area contributed by atoms with Gasteiger partial charge in [0.15, 0.2) is 11.5 Å². The Morgan fingerprint density at radius 2 is 2.06 bits per heavy atom. The number of aryl methyl sites for hydroxylation is 1. The van der Waals surface area contributed by atoms with E-state index in [-0.39, 0.29) is 33.2 Å². The molecule has 0 bridgehead atoms. The van der Waals surface area contributed by atoms with Gasteiger partial charge in [0.1, 0.15) is 5.69 Å². The lowest BCUT2D eigenvalue weighted by Gasteiger charge is -2.10. The third kappa shape index (κ3) is 4.87. The predicted octanol–water partition coefficient (Wildman–Crippen LogP) is 2.63. The lowest BCUT2D eigenvalue weighted by molar-refractivity contribution is -0.384. The topological polar surface area (TPSA) is 142 Å². The van der Waals surface area contributed by atoms with Gasteiger partial charge in [-0.25, -0.2) is 4.79 Å². The molecule has 3 rings (SSSR count). The Labute approximate surface area is 179 Å². The number of H-pyrrole nitrogens is 1. The fourth-order valence-electron chi connectivity index (χ4n) is 2.46. The number of aromatic amines is 1.